The fraction of sp³-hybridized carbons (Fsp3) is 0.524. The van der Waals surface area contributed by atoms with Gasteiger partial charge in [0.15, 0.2) is 0 Å². The van der Waals surface area contributed by atoms with Crippen LogP contribution in [0.1, 0.15) is 39.2 Å². The molecule has 0 unspecified atom stereocenters. The Balaban J connectivity index is 2.75. The smallest absolute Gasteiger partial charge is 0.408 e. The SMILES string of the molecule is COC(=O)[C@H](C[C@@H](C)C#N)NC(=O)[C@H](CC(C)C)NC(=O)OCc1ccccc1. The Labute approximate surface area is 171 Å². The van der Waals surface area contributed by atoms with Crippen molar-refractivity contribution < 1.29 is 23.9 Å². The second-order valence-corrected chi connectivity index (χ2v) is 7.24. The van der Waals surface area contributed by atoms with Crippen LogP contribution in [-0.4, -0.2) is 37.2 Å². The number of benzene rings is 1. The Morgan fingerprint density at radius 2 is 1.69 bits per heavy atom. The number of hydrogen-bond donors (Lipinski definition) is 2. The quantitative estimate of drug-likeness (QED) is 0.580. The molecule has 0 radical (unpaired) electrons. The summed E-state index contributed by atoms with van der Waals surface area (Å²) in [4.78, 5) is 36.8. The van der Waals surface area contributed by atoms with Gasteiger partial charge in [0.2, 0.25) is 5.91 Å². The fourth-order valence-electron chi connectivity index (χ4n) is 2.64. The number of hydrogen-bond acceptors (Lipinski definition) is 6. The molecule has 1 aromatic rings. The monoisotopic (exact) mass is 403 g/mol. The van der Waals surface area contributed by atoms with Crippen LogP contribution in [0.15, 0.2) is 30.3 Å². The van der Waals surface area contributed by atoms with Gasteiger partial charge in [-0.2, -0.15) is 5.26 Å². The van der Waals surface area contributed by atoms with E-state index in [1.54, 1.807) is 6.92 Å². The van der Waals surface area contributed by atoms with Crippen LogP contribution in [0, 0.1) is 23.2 Å². The number of alkyl carbamates (subject to hydrolysis) is 1. The number of nitriles is 1. The van der Waals surface area contributed by atoms with Gasteiger partial charge in [-0.1, -0.05) is 44.2 Å². The molecule has 0 aliphatic carbocycles. The summed E-state index contributed by atoms with van der Waals surface area (Å²) >= 11 is 0. The molecule has 1 rings (SSSR count). The lowest BCUT2D eigenvalue weighted by Crippen LogP contribution is -2.52. The summed E-state index contributed by atoms with van der Waals surface area (Å²) in [6, 6.07) is 9.34. The first kappa shape index (κ1) is 24.0. The van der Waals surface area contributed by atoms with Crippen molar-refractivity contribution in [3.63, 3.8) is 0 Å². The molecular formula is C21H29N3O5. The molecule has 3 atom stereocenters. The molecule has 2 N–H and O–H groups in total. The zero-order valence-corrected chi connectivity index (χ0v) is 17.3. The maximum Gasteiger partial charge on any atom is 0.408 e. The highest BCUT2D eigenvalue weighted by molar-refractivity contribution is 5.89. The van der Waals surface area contributed by atoms with Crippen LogP contribution in [0.4, 0.5) is 4.79 Å². The second kappa shape index (κ2) is 12.4. The van der Waals surface area contributed by atoms with Crippen molar-refractivity contribution >= 4 is 18.0 Å². The van der Waals surface area contributed by atoms with Crippen molar-refractivity contribution in [1.29, 1.82) is 5.26 Å². The average Bonchev–Trinajstić information content (AvgIpc) is 2.70. The van der Waals surface area contributed by atoms with Gasteiger partial charge < -0.3 is 20.1 Å². The molecular weight excluding hydrogens is 374 g/mol. The van der Waals surface area contributed by atoms with E-state index in [0.29, 0.717) is 6.42 Å². The van der Waals surface area contributed by atoms with Crippen LogP contribution in [0.5, 0.6) is 0 Å². The lowest BCUT2D eigenvalue weighted by Gasteiger charge is -2.23. The Morgan fingerprint density at radius 3 is 2.24 bits per heavy atom. The Bertz CT molecular complexity index is 715. The molecule has 0 aromatic heterocycles. The van der Waals surface area contributed by atoms with Gasteiger partial charge in [0.05, 0.1) is 13.2 Å². The summed E-state index contributed by atoms with van der Waals surface area (Å²) in [7, 11) is 1.21. The molecule has 0 aliphatic rings. The number of nitrogens with zero attached hydrogens (tertiary/aromatic N) is 1. The predicted molar refractivity (Wildman–Crippen MR) is 106 cm³/mol. The Kier molecular flexibility index (Phi) is 10.2. The average molecular weight is 403 g/mol. The van der Waals surface area contributed by atoms with E-state index in [1.165, 1.54) is 7.11 Å². The lowest BCUT2D eigenvalue weighted by molar-refractivity contribution is -0.145. The number of ether oxygens (including phenoxy) is 2. The third kappa shape index (κ3) is 9.10. The number of esters is 1. The molecule has 0 saturated heterocycles. The zero-order valence-electron chi connectivity index (χ0n) is 17.3. The van der Waals surface area contributed by atoms with Gasteiger partial charge in [-0.3, -0.25) is 4.79 Å². The first-order chi connectivity index (χ1) is 13.8. The van der Waals surface area contributed by atoms with E-state index < -0.39 is 36.0 Å². The Morgan fingerprint density at radius 1 is 1.03 bits per heavy atom. The molecule has 29 heavy (non-hydrogen) atoms. The summed E-state index contributed by atoms with van der Waals surface area (Å²) < 4.78 is 9.89. The van der Waals surface area contributed by atoms with Gasteiger partial charge in [0.25, 0.3) is 0 Å². The van der Waals surface area contributed by atoms with E-state index in [9.17, 15) is 14.4 Å². The van der Waals surface area contributed by atoms with E-state index in [2.05, 4.69) is 10.6 Å². The maximum atomic E-state index is 12.7. The van der Waals surface area contributed by atoms with Crippen molar-refractivity contribution in [1.82, 2.24) is 10.6 Å². The highest BCUT2D eigenvalue weighted by Crippen LogP contribution is 2.10. The van der Waals surface area contributed by atoms with Gasteiger partial charge in [0, 0.05) is 5.92 Å². The fourth-order valence-corrected chi connectivity index (χ4v) is 2.64. The molecule has 1 aromatic carbocycles. The zero-order chi connectivity index (χ0) is 21.8. The van der Waals surface area contributed by atoms with Crippen LogP contribution in [0.3, 0.4) is 0 Å². The molecule has 158 valence electrons. The molecule has 0 heterocycles. The van der Waals surface area contributed by atoms with Crippen LogP contribution in [0.2, 0.25) is 0 Å². The summed E-state index contributed by atoms with van der Waals surface area (Å²) in [6.45, 7) is 5.54. The highest BCUT2D eigenvalue weighted by atomic mass is 16.5. The number of amides is 2. The lowest BCUT2D eigenvalue weighted by atomic mass is 10.0. The van der Waals surface area contributed by atoms with Crippen LogP contribution in [-0.2, 0) is 25.7 Å². The topological polar surface area (TPSA) is 118 Å². The first-order valence-electron chi connectivity index (χ1n) is 9.51. The van der Waals surface area contributed by atoms with Crippen molar-refractivity contribution in [2.24, 2.45) is 11.8 Å². The summed E-state index contributed by atoms with van der Waals surface area (Å²) in [5, 5.41) is 14.1. The molecule has 8 nitrogen and oxygen atoms in total. The van der Waals surface area contributed by atoms with E-state index in [1.807, 2.05) is 50.2 Å². The normalized spacial score (nSPS) is 13.5. The van der Waals surface area contributed by atoms with Crippen molar-refractivity contribution in [2.45, 2.75) is 52.3 Å². The largest absolute Gasteiger partial charge is 0.467 e. The van der Waals surface area contributed by atoms with Crippen LogP contribution < -0.4 is 10.6 Å². The third-order valence-electron chi connectivity index (χ3n) is 4.14. The van der Waals surface area contributed by atoms with E-state index >= 15 is 0 Å². The molecule has 0 bridgehead atoms. The standard InChI is InChI=1S/C21H29N3O5/c1-14(2)10-17(24-21(27)29-13-16-8-6-5-7-9-16)19(25)23-18(20(26)28-4)11-15(3)12-22/h5-9,14-15,17-18H,10-11,13H2,1-4H3,(H,23,25)(H,24,27)/t15-,17+,18+/m1/s1. The number of methoxy groups -OCH3 is 1. The van der Waals surface area contributed by atoms with Gasteiger partial charge >= 0.3 is 12.1 Å². The van der Waals surface area contributed by atoms with Gasteiger partial charge in [0.1, 0.15) is 18.7 Å². The van der Waals surface area contributed by atoms with Crippen LogP contribution >= 0.6 is 0 Å². The number of carbonyl (C=O) groups is 3. The molecule has 0 aliphatic heterocycles. The molecule has 0 saturated carbocycles. The number of nitrogens with one attached hydrogen (secondary N) is 2. The minimum Gasteiger partial charge on any atom is -0.467 e. The minimum atomic E-state index is -0.973. The summed E-state index contributed by atoms with van der Waals surface area (Å²) in [6.07, 6.45) is -0.259. The van der Waals surface area contributed by atoms with Gasteiger partial charge in [-0.15, -0.1) is 0 Å². The van der Waals surface area contributed by atoms with Crippen LogP contribution in [0.25, 0.3) is 0 Å². The predicted octanol–water partition coefficient (Wildman–Crippen LogP) is 2.54. The number of carbonyl (C=O) groups excluding carboxylic acids is 3. The summed E-state index contributed by atoms with van der Waals surface area (Å²) in [5.41, 5.74) is 0.823. The third-order valence-corrected chi connectivity index (χ3v) is 4.14. The number of rotatable bonds is 10. The van der Waals surface area contributed by atoms with Crippen molar-refractivity contribution in [3.05, 3.63) is 35.9 Å². The van der Waals surface area contributed by atoms with Crippen molar-refractivity contribution in [2.75, 3.05) is 7.11 Å². The highest BCUT2D eigenvalue weighted by Gasteiger charge is 2.29. The van der Waals surface area contributed by atoms with E-state index in [-0.39, 0.29) is 18.9 Å². The minimum absolute atomic E-state index is 0.0765. The molecule has 8 heteroatoms. The molecule has 0 fully saturated rings. The Hall–Kier alpha value is -3.08. The summed E-state index contributed by atoms with van der Waals surface area (Å²) in [5.74, 6) is -1.52. The molecule has 2 amide bonds. The van der Waals surface area contributed by atoms with Gasteiger partial charge in [-0.05, 0) is 31.2 Å². The second-order valence-electron chi connectivity index (χ2n) is 7.24. The van der Waals surface area contributed by atoms with E-state index in [0.717, 1.165) is 5.56 Å². The first-order valence-corrected chi connectivity index (χ1v) is 9.51. The van der Waals surface area contributed by atoms with Gasteiger partial charge in [-0.25, -0.2) is 9.59 Å². The maximum absolute atomic E-state index is 12.7. The van der Waals surface area contributed by atoms with E-state index in [4.69, 9.17) is 14.7 Å². The van der Waals surface area contributed by atoms with Crippen molar-refractivity contribution in [3.8, 4) is 6.07 Å². The molecule has 0 spiro atoms.